The molecule has 7 heteroatoms. The second kappa shape index (κ2) is 8.68. The summed E-state index contributed by atoms with van der Waals surface area (Å²) >= 11 is 1.53. The number of amides is 1. The lowest BCUT2D eigenvalue weighted by Crippen LogP contribution is -2.34. The van der Waals surface area contributed by atoms with Gasteiger partial charge in [0.2, 0.25) is 0 Å². The number of pyridine rings is 1. The van der Waals surface area contributed by atoms with Crippen LogP contribution >= 0.6 is 11.8 Å². The molecule has 2 aromatic rings. The van der Waals surface area contributed by atoms with Crippen molar-refractivity contribution in [1.82, 2.24) is 15.5 Å². The van der Waals surface area contributed by atoms with E-state index in [1.807, 2.05) is 19.9 Å². The minimum absolute atomic E-state index is 0.0708. The van der Waals surface area contributed by atoms with Crippen LogP contribution in [0.3, 0.4) is 0 Å². The maximum Gasteiger partial charge on any atom is 0.254 e. The number of hydrogen-bond acceptors (Lipinski definition) is 6. The average molecular weight is 375 g/mol. The van der Waals surface area contributed by atoms with E-state index in [0.717, 1.165) is 41.5 Å². The summed E-state index contributed by atoms with van der Waals surface area (Å²) in [7, 11) is 0. The molecule has 0 saturated carbocycles. The summed E-state index contributed by atoms with van der Waals surface area (Å²) in [5, 5.41) is 7.77. The largest absolute Gasteiger partial charge is 0.378 e. The molecule has 1 fully saturated rings. The van der Waals surface area contributed by atoms with Crippen LogP contribution in [0.1, 0.15) is 47.1 Å². The van der Waals surface area contributed by atoms with E-state index in [2.05, 4.69) is 22.4 Å². The van der Waals surface area contributed by atoms with Crippen molar-refractivity contribution in [3.63, 3.8) is 0 Å². The van der Waals surface area contributed by atoms with E-state index in [1.165, 1.54) is 11.8 Å². The van der Waals surface area contributed by atoms with Crippen LogP contribution in [0.2, 0.25) is 0 Å². The van der Waals surface area contributed by atoms with Crippen molar-refractivity contribution >= 4 is 17.7 Å². The quantitative estimate of drug-likeness (QED) is 0.779. The van der Waals surface area contributed by atoms with E-state index < -0.39 is 0 Å². The highest BCUT2D eigenvalue weighted by Gasteiger charge is 2.21. The van der Waals surface area contributed by atoms with Gasteiger partial charge in [0.1, 0.15) is 10.8 Å². The molecule has 0 radical (unpaired) electrons. The Labute approximate surface area is 158 Å². The van der Waals surface area contributed by atoms with Crippen molar-refractivity contribution in [3.05, 3.63) is 40.9 Å². The summed E-state index contributed by atoms with van der Waals surface area (Å²) in [6, 6.07) is 3.62. The summed E-state index contributed by atoms with van der Waals surface area (Å²) in [5.41, 5.74) is 2.55. The first kappa shape index (κ1) is 18.9. The summed E-state index contributed by atoms with van der Waals surface area (Å²) < 4.78 is 10.8. The van der Waals surface area contributed by atoms with Gasteiger partial charge >= 0.3 is 0 Å². The van der Waals surface area contributed by atoms with Gasteiger partial charge in [-0.3, -0.25) is 4.79 Å². The molecule has 0 bridgehead atoms. The van der Waals surface area contributed by atoms with E-state index in [4.69, 9.17) is 9.26 Å². The SMILES string of the molecule is Cc1noc(C)c1CSc1ncccc1C(=O)NC[C@H]1CCO[C@H](C)C1. The van der Waals surface area contributed by atoms with Crippen molar-refractivity contribution in [3.8, 4) is 0 Å². The van der Waals surface area contributed by atoms with Crippen molar-refractivity contribution < 1.29 is 14.1 Å². The highest BCUT2D eigenvalue weighted by atomic mass is 32.2. The lowest BCUT2D eigenvalue weighted by Gasteiger charge is -2.27. The van der Waals surface area contributed by atoms with E-state index in [0.29, 0.717) is 23.8 Å². The van der Waals surface area contributed by atoms with Crippen molar-refractivity contribution in [2.45, 2.75) is 50.5 Å². The Balaban J connectivity index is 1.61. The molecule has 1 aliphatic rings. The van der Waals surface area contributed by atoms with Gasteiger partial charge in [0, 0.05) is 30.7 Å². The number of hydrogen-bond donors (Lipinski definition) is 1. The predicted octanol–water partition coefficient (Wildman–Crippen LogP) is 3.52. The Bertz CT molecular complexity index is 743. The molecule has 1 aliphatic heterocycles. The fourth-order valence-corrected chi connectivity index (χ4v) is 4.28. The molecule has 0 unspecified atom stereocenters. The maximum absolute atomic E-state index is 12.7. The highest BCUT2D eigenvalue weighted by Crippen LogP contribution is 2.27. The van der Waals surface area contributed by atoms with E-state index in [-0.39, 0.29) is 12.0 Å². The molecule has 26 heavy (non-hydrogen) atoms. The topological polar surface area (TPSA) is 77.2 Å². The second-order valence-electron chi connectivity index (χ2n) is 6.73. The number of nitrogens with zero attached hydrogens (tertiary/aromatic N) is 2. The van der Waals surface area contributed by atoms with Gasteiger partial charge in [-0.25, -0.2) is 4.98 Å². The summed E-state index contributed by atoms with van der Waals surface area (Å²) in [5.74, 6) is 1.89. The zero-order chi connectivity index (χ0) is 18.5. The van der Waals surface area contributed by atoms with Crippen LogP contribution in [0.4, 0.5) is 0 Å². The van der Waals surface area contributed by atoms with E-state index in [1.54, 1.807) is 12.3 Å². The minimum Gasteiger partial charge on any atom is -0.378 e. The first-order valence-electron chi connectivity index (χ1n) is 8.94. The van der Waals surface area contributed by atoms with Crippen LogP contribution in [-0.4, -0.2) is 35.3 Å². The molecular formula is C19H25N3O3S. The molecule has 0 aliphatic carbocycles. The van der Waals surface area contributed by atoms with Gasteiger partial charge in [-0.2, -0.15) is 0 Å². The van der Waals surface area contributed by atoms with Gasteiger partial charge in [-0.15, -0.1) is 11.8 Å². The maximum atomic E-state index is 12.7. The third kappa shape index (κ3) is 4.65. The fraction of sp³-hybridized carbons (Fsp3) is 0.526. The Kier molecular flexibility index (Phi) is 6.32. The third-order valence-electron chi connectivity index (χ3n) is 4.70. The number of thioether (sulfide) groups is 1. The van der Waals surface area contributed by atoms with Gasteiger partial charge < -0.3 is 14.6 Å². The summed E-state index contributed by atoms with van der Waals surface area (Å²) in [6.45, 7) is 7.35. The van der Waals surface area contributed by atoms with Crippen LogP contribution < -0.4 is 5.32 Å². The molecule has 2 atom stereocenters. The molecular weight excluding hydrogens is 350 g/mol. The average Bonchev–Trinajstić information content (AvgIpc) is 2.96. The molecule has 1 saturated heterocycles. The monoisotopic (exact) mass is 375 g/mol. The van der Waals surface area contributed by atoms with Crippen molar-refractivity contribution in [2.75, 3.05) is 13.2 Å². The van der Waals surface area contributed by atoms with Crippen LogP contribution in [0, 0.1) is 19.8 Å². The lowest BCUT2D eigenvalue weighted by atomic mass is 9.96. The van der Waals surface area contributed by atoms with Gasteiger partial charge in [0.15, 0.2) is 0 Å². The second-order valence-corrected chi connectivity index (χ2v) is 7.69. The number of rotatable bonds is 6. The minimum atomic E-state index is -0.0708. The van der Waals surface area contributed by atoms with Crippen LogP contribution in [0.25, 0.3) is 0 Å². The summed E-state index contributed by atoms with van der Waals surface area (Å²) in [6.07, 6.45) is 3.96. The standard InChI is InChI=1S/C19H25N3O3S/c1-12-9-15(6-8-24-12)10-21-18(23)16-5-4-7-20-19(16)26-11-17-13(2)22-25-14(17)3/h4-5,7,12,15H,6,8-11H2,1-3H3,(H,21,23)/t12-,15+/m1/s1. The Morgan fingerprint density at radius 2 is 2.27 bits per heavy atom. The number of aryl methyl sites for hydroxylation is 2. The van der Waals surface area contributed by atoms with Gasteiger partial charge in [-0.1, -0.05) is 5.16 Å². The first-order valence-corrected chi connectivity index (χ1v) is 9.92. The van der Waals surface area contributed by atoms with E-state index >= 15 is 0 Å². The van der Waals surface area contributed by atoms with Crippen LogP contribution in [0.15, 0.2) is 27.9 Å². The Morgan fingerprint density at radius 3 is 3.00 bits per heavy atom. The van der Waals surface area contributed by atoms with Gasteiger partial charge in [-0.05, 0) is 51.7 Å². The summed E-state index contributed by atoms with van der Waals surface area (Å²) in [4.78, 5) is 17.1. The fourth-order valence-electron chi connectivity index (χ4n) is 3.14. The highest BCUT2D eigenvalue weighted by molar-refractivity contribution is 7.98. The number of nitrogens with one attached hydrogen (secondary N) is 1. The van der Waals surface area contributed by atoms with Gasteiger partial charge in [0.05, 0.1) is 17.4 Å². The Hall–Kier alpha value is -1.86. The van der Waals surface area contributed by atoms with Crippen LogP contribution in [0.5, 0.6) is 0 Å². The molecule has 0 spiro atoms. The number of carbonyl (C=O) groups excluding carboxylic acids is 1. The molecule has 6 nitrogen and oxygen atoms in total. The third-order valence-corrected chi connectivity index (χ3v) is 5.73. The molecule has 1 N–H and O–H groups in total. The number of carbonyl (C=O) groups is 1. The zero-order valence-corrected chi connectivity index (χ0v) is 16.3. The predicted molar refractivity (Wildman–Crippen MR) is 100 cm³/mol. The van der Waals surface area contributed by atoms with Gasteiger partial charge in [0.25, 0.3) is 5.91 Å². The van der Waals surface area contributed by atoms with Crippen LogP contribution in [-0.2, 0) is 10.5 Å². The number of ether oxygens (including phenoxy) is 1. The molecule has 1 amide bonds. The lowest BCUT2D eigenvalue weighted by molar-refractivity contribution is 0.00301. The van der Waals surface area contributed by atoms with Crippen molar-refractivity contribution in [1.29, 1.82) is 0 Å². The molecule has 2 aromatic heterocycles. The molecule has 3 rings (SSSR count). The smallest absolute Gasteiger partial charge is 0.254 e. The Morgan fingerprint density at radius 1 is 1.42 bits per heavy atom. The number of aromatic nitrogens is 2. The first-order chi connectivity index (χ1) is 12.5. The van der Waals surface area contributed by atoms with Crippen molar-refractivity contribution in [2.24, 2.45) is 5.92 Å². The molecule has 3 heterocycles. The molecule has 0 aromatic carbocycles. The molecule has 140 valence electrons. The van der Waals surface area contributed by atoms with E-state index in [9.17, 15) is 4.79 Å². The normalized spacial score (nSPS) is 20.1. The zero-order valence-electron chi connectivity index (χ0n) is 15.4.